The molecule has 0 radical (unpaired) electrons. The molecule has 0 bridgehead atoms. The first kappa shape index (κ1) is 9.08. The van der Waals surface area contributed by atoms with Crippen LogP contribution < -0.4 is 0 Å². The van der Waals surface area contributed by atoms with Crippen LogP contribution in [0.5, 0.6) is 0 Å². The molecule has 1 nitrogen and oxygen atoms in total. The molecule has 0 spiro atoms. The summed E-state index contributed by atoms with van der Waals surface area (Å²) in [4.78, 5) is 0.544. The fourth-order valence-electron chi connectivity index (χ4n) is 0.833. The normalized spacial score (nSPS) is 9.42. The van der Waals surface area contributed by atoms with Gasteiger partial charge >= 0.3 is 0 Å². The summed E-state index contributed by atoms with van der Waals surface area (Å²) in [6.45, 7) is 1.84. The average molecular weight is 181 g/mol. The molecule has 0 aliphatic heterocycles. The number of thioether (sulfide) groups is 1. The lowest BCUT2D eigenvalue weighted by molar-refractivity contribution is 0.601. The monoisotopic (exact) mass is 181 g/mol. The topological polar surface area (TPSA) is 23.8 Å². The predicted molar refractivity (Wildman–Crippen MR) is 47.5 cm³/mol. The van der Waals surface area contributed by atoms with Crippen molar-refractivity contribution in [3.63, 3.8) is 0 Å². The zero-order valence-corrected chi connectivity index (χ0v) is 7.49. The summed E-state index contributed by atoms with van der Waals surface area (Å²) in [6.07, 6.45) is 0. The van der Waals surface area contributed by atoms with E-state index in [0.717, 1.165) is 5.56 Å². The van der Waals surface area contributed by atoms with Gasteiger partial charge in [-0.2, -0.15) is 5.26 Å². The Morgan fingerprint density at radius 2 is 2.33 bits per heavy atom. The van der Waals surface area contributed by atoms with Gasteiger partial charge < -0.3 is 0 Å². The van der Waals surface area contributed by atoms with E-state index in [0.29, 0.717) is 10.6 Å². The van der Waals surface area contributed by atoms with E-state index in [9.17, 15) is 4.39 Å². The molecule has 1 aromatic carbocycles. The number of aryl methyl sites for hydroxylation is 1. The number of hydrogen-bond acceptors (Lipinski definition) is 2. The van der Waals surface area contributed by atoms with Gasteiger partial charge in [0, 0.05) is 4.90 Å². The molecular formula is C9H8FNS. The molecule has 0 aliphatic carbocycles. The highest BCUT2D eigenvalue weighted by molar-refractivity contribution is 7.99. The van der Waals surface area contributed by atoms with Crippen molar-refractivity contribution in [3.8, 4) is 6.07 Å². The third-order valence-corrected chi connectivity index (χ3v) is 2.30. The van der Waals surface area contributed by atoms with Crippen LogP contribution in [0, 0.1) is 24.1 Å². The predicted octanol–water partition coefficient (Wildman–Crippen LogP) is 2.75. The molecule has 0 amide bonds. The van der Waals surface area contributed by atoms with Gasteiger partial charge in [0.25, 0.3) is 0 Å². The second kappa shape index (κ2) is 4.13. The lowest BCUT2D eigenvalue weighted by Gasteiger charge is -1.99. The van der Waals surface area contributed by atoms with E-state index in [-0.39, 0.29) is 5.82 Å². The number of rotatable bonds is 2. The van der Waals surface area contributed by atoms with Crippen LogP contribution >= 0.6 is 11.8 Å². The highest BCUT2D eigenvalue weighted by Crippen LogP contribution is 2.21. The Bertz CT molecular complexity index is 317. The largest absolute Gasteiger partial charge is 0.206 e. The maximum atomic E-state index is 13.0. The first-order valence-corrected chi connectivity index (χ1v) is 4.48. The van der Waals surface area contributed by atoms with E-state index >= 15 is 0 Å². The van der Waals surface area contributed by atoms with Crippen molar-refractivity contribution in [2.45, 2.75) is 11.8 Å². The van der Waals surface area contributed by atoms with Crippen molar-refractivity contribution in [2.75, 3.05) is 5.75 Å². The van der Waals surface area contributed by atoms with Gasteiger partial charge in [0.15, 0.2) is 0 Å². The molecule has 0 aromatic heterocycles. The Morgan fingerprint density at radius 3 is 2.92 bits per heavy atom. The third kappa shape index (κ3) is 2.24. The molecule has 0 N–H and O–H groups in total. The maximum absolute atomic E-state index is 13.0. The summed E-state index contributed by atoms with van der Waals surface area (Å²) in [7, 11) is 0. The molecule has 0 saturated carbocycles. The average Bonchev–Trinajstić information content (AvgIpc) is 2.03. The van der Waals surface area contributed by atoms with Gasteiger partial charge in [-0.25, -0.2) is 4.39 Å². The van der Waals surface area contributed by atoms with Gasteiger partial charge in [-0.3, -0.25) is 0 Å². The highest BCUT2D eigenvalue weighted by Gasteiger charge is 2.01. The van der Waals surface area contributed by atoms with Crippen LogP contribution in [0.15, 0.2) is 23.1 Å². The summed E-state index contributed by atoms with van der Waals surface area (Å²) < 4.78 is 13.0. The SMILES string of the molecule is Cc1ccc(SCC#N)c(F)c1. The molecule has 1 rings (SSSR count). The van der Waals surface area contributed by atoms with Crippen molar-refractivity contribution in [1.82, 2.24) is 0 Å². The zero-order valence-electron chi connectivity index (χ0n) is 6.67. The second-order valence-electron chi connectivity index (χ2n) is 2.38. The molecule has 0 fully saturated rings. The number of halogens is 1. The van der Waals surface area contributed by atoms with E-state index < -0.39 is 0 Å². The number of hydrogen-bond donors (Lipinski definition) is 0. The molecule has 0 aliphatic rings. The third-order valence-electron chi connectivity index (χ3n) is 1.38. The number of benzene rings is 1. The minimum atomic E-state index is -0.241. The fourth-order valence-corrected chi connectivity index (χ4v) is 1.41. The van der Waals surface area contributed by atoms with Crippen LogP contribution in [-0.2, 0) is 0 Å². The Balaban J connectivity index is 2.81. The molecule has 0 unspecified atom stereocenters. The van der Waals surface area contributed by atoms with Crippen LogP contribution in [0.4, 0.5) is 4.39 Å². The zero-order chi connectivity index (χ0) is 8.97. The number of nitriles is 1. The van der Waals surface area contributed by atoms with E-state index in [1.165, 1.54) is 17.8 Å². The van der Waals surface area contributed by atoms with Gasteiger partial charge in [-0.1, -0.05) is 6.07 Å². The minimum Gasteiger partial charge on any atom is -0.206 e. The van der Waals surface area contributed by atoms with E-state index in [1.807, 2.05) is 19.1 Å². The quantitative estimate of drug-likeness (QED) is 0.655. The van der Waals surface area contributed by atoms with Crippen molar-refractivity contribution >= 4 is 11.8 Å². The van der Waals surface area contributed by atoms with Crippen LogP contribution in [-0.4, -0.2) is 5.75 Å². The van der Waals surface area contributed by atoms with E-state index in [4.69, 9.17) is 5.26 Å². The molecule has 62 valence electrons. The van der Waals surface area contributed by atoms with Crippen LogP contribution in [0.2, 0.25) is 0 Å². The molecule has 0 saturated heterocycles. The van der Waals surface area contributed by atoms with Crippen LogP contribution in [0.25, 0.3) is 0 Å². The van der Waals surface area contributed by atoms with Crippen LogP contribution in [0.1, 0.15) is 5.56 Å². The van der Waals surface area contributed by atoms with Gasteiger partial charge in [-0.05, 0) is 24.6 Å². The fraction of sp³-hybridized carbons (Fsp3) is 0.222. The molecule has 0 atom stereocenters. The minimum absolute atomic E-state index is 0.241. The molecular weight excluding hydrogens is 173 g/mol. The van der Waals surface area contributed by atoms with Crippen molar-refractivity contribution in [2.24, 2.45) is 0 Å². The lowest BCUT2D eigenvalue weighted by atomic mass is 10.2. The van der Waals surface area contributed by atoms with Crippen molar-refractivity contribution in [3.05, 3.63) is 29.6 Å². The summed E-state index contributed by atoms with van der Waals surface area (Å²) in [5, 5.41) is 8.28. The van der Waals surface area contributed by atoms with Crippen molar-refractivity contribution < 1.29 is 4.39 Å². The summed E-state index contributed by atoms with van der Waals surface area (Å²) in [5.41, 5.74) is 0.897. The summed E-state index contributed by atoms with van der Waals surface area (Å²) in [5.74, 6) is 0.0511. The summed E-state index contributed by atoms with van der Waals surface area (Å²) in [6, 6.07) is 6.96. The van der Waals surface area contributed by atoms with E-state index in [1.54, 1.807) is 6.07 Å². The van der Waals surface area contributed by atoms with Crippen molar-refractivity contribution in [1.29, 1.82) is 5.26 Å². The molecule has 1 aromatic rings. The summed E-state index contributed by atoms with van der Waals surface area (Å²) >= 11 is 1.22. The van der Waals surface area contributed by atoms with Gasteiger partial charge in [0.05, 0.1) is 11.8 Å². The van der Waals surface area contributed by atoms with Gasteiger partial charge in [0.1, 0.15) is 5.82 Å². The maximum Gasteiger partial charge on any atom is 0.137 e. The van der Waals surface area contributed by atoms with Crippen LogP contribution in [0.3, 0.4) is 0 Å². The van der Waals surface area contributed by atoms with Gasteiger partial charge in [0.2, 0.25) is 0 Å². The smallest absolute Gasteiger partial charge is 0.137 e. The lowest BCUT2D eigenvalue weighted by Crippen LogP contribution is -1.83. The Hall–Kier alpha value is -1.01. The van der Waals surface area contributed by atoms with Gasteiger partial charge in [-0.15, -0.1) is 11.8 Å². The first-order chi connectivity index (χ1) is 5.74. The Labute approximate surface area is 75.2 Å². The highest BCUT2D eigenvalue weighted by atomic mass is 32.2. The first-order valence-electron chi connectivity index (χ1n) is 3.50. The second-order valence-corrected chi connectivity index (χ2v) is 3.40. The molecule has 3 heteroatoms. The Kier molecular flexibility index (Phi) is 3.12. The molecule has 0 heterocycles. The Morgan fingerprint density at radius 1 is 1.58 bits per heavy atom. The van der Waals surface area contributed by atoms with E-state index in [2.05, 4.69) is 0 Å². The number of nitrogens with zero attached hydrogens (tertiary/aromatic N) is 1. The molecule has 12 heavy (non-hydrogen) atoms. The standard InChI is InChI=1S/C9H8FNS/c1-7-2-3-9(8(10)6-7)12-5-4-11/h2-3,6H,5H2,1H3.